The first-order valence-corrected chi connectivity index (χ1v) is 7.73. The average Bonchev–Trinajstić information content (AvgIpc) is 2.72. The van der Waals surface area contributed by atoms with Crippen LogP contribution in [0.4, 0.5) is 0 Å². The van der Waals surface area contributed by atoms with E-state index in [4.69, 9.17) is 16.3 Å². The van der Waals surface area contributed by atoms with Crippen LogP contribution in [0.2, 0.25) is 5.02 Å². The molecule has 122 valence electrons. The Labute approximate surface area is 134 Å². The number of piperidine rings is 1. The molecule has 1 N–H and O–H groups in total. The van der Waals surface area contributed by atoms with Crippen molar-refractivity contribution in [3.8, 4) is 0 Å². The monoisotopic (exact) mass is 328 g/mol. The Hall–Kier alpha value is -1.60. The molecule has 0 radical (unpaired) electrons. The Balaban J connectivity index is 2.01. The fraction of sp³-hybridized carbons (Fsp3) is 0.643. The number of rotatable bonds is 4. The molecule has 0 aromatic carbocycles. The maximum atomic E-state index is 12.4. The fourth-order valence-corrected chi connectivity index (χ4v) is 2.85. The molecular formula is C14H21ClN4O3. The predicted molar refractivity (Wildman–Crippen MR) is 81.4 cm³/mol. The van der Waals surface area contributed by atoms with Gasteiger partial charge in [-0.05, 0) is 26.7 Å². The van der Waals surface area contributed by atoms with Crippen LogP contribution >= 0.6 is 11.6 Å². The molecule has 0 aliphatic carbocycles. The van der Waals surface area contributed by atoms with E-state index in [1.54, 1.807) is 25.9 Å². The van der Waals surface area contributed by atoms with Crippen molar-refractivity contribution < 1.29 is 14.3 Å². The van der Waals surface area contributed by atoms with E-state index in [1.807, 2.05) is 0 Å². The third kappa shape index (κ3) is 3.59. The maximum absolute atomic E-state index is 12.4. The first kappa shape index (κ1) is 16.8. The number of amides is 1. The largest absolute Gasteiger partial charge is 0.466 e. The quantitative estimate of drug-likeness (QED) is 0.843. The summed E-state index contributed by atoms with van der Waals surface area (Å²) >= 11 is 6.11. The summed E-state index contributed by atoms with van der Waals surface area (Å²) in [6.07, 6.45) is 1.60. The number of esters is 1. The van der Waals surface area contributed by atoms with Gasteiger partial charge in [-0.3, -0.25) is 19.7 Å². The molecule has 1 aromatic rings. The number of nitrogens with zero attached hydrogens (tertiary/aromatic N) is 3. The van der Waals surface area contributed by atoms with Crippen LogP contribution in [0, 0.1) is 12.8 Å². The van der Waals surface area contributed by atoms with Crippen LogP contribution in [0.15, 0.2) is 0 Å². The topological polar surface area (TPSA) is 76.5 Å². The Morgan fingerprint density at radius 3 is 2.82 bits per heavy atom. The summed E-state index contributed by atoms with van der Waals surface area (Å²) in [6.45, 7) is 5.03. The minimum Gasteiger partial charge on any atom is -0.466 e. The van der Waals surface area contributed by atoms with Gasteiger partial charge in [-0.2, -0.15) is 5.10 Å². The van der Waals surface area contributed by atoms with E-state index < -0.39 is 0 Å². The van der Waals surface area contributed by atoms with Crippen molar-refractivity contribution in [2.24, 2.45) is 13.0 Å². The summed E-state index contributed by atoms with van der Waals surface area (Å²) in [6, 6.07) is 0. The second-order valence-electron chi connectivity index (χ2n) is 5.35. The maximum Gasteiger partial charge on any atom is 0.310 e. The van der Waals surface area contributed by atoms with Gasteiger partial charge >= 0.3 is 5.97 Å². The molecule has 1 saturated heterocycles. The van der Waals surface area contributed by atoms with E-state index in [9.17, 15) is 9.59 Å². The molecule has 2 rings (SSSR count). The summed E-state index contributed by atoms with van der Waals surface area (Å²) in [5.74, 6) is -0.744. The average molecular weight is 329 g/mol. The lowest BCUT2D eigenvalue weighted by molar-refractivity contribution is -0.150. The van der Waals surface area contributed by atoms with Crippen LogP contribution in [0.25, 0.3) is 0 Å². The minimum absolute atomic E-state index is 0.210. The highest BCUT2D eigenvalue weighted by Gasteiger charge is 2.29. The second kappa shape index (κ2) is 7.11. The lowest BCUT2D eigenvalue weighted by atomic mass is 9.99. The summed E-state index contributed by atoms with van der Waals surface area (Å²) < 4.78 is 6.51. The zero-order valence-corrected chi connectivity index (χ0v) is 13.8. The van der Waals surface area contributed by atoms with Crippen molar-refractivity contribution >= 4 is 23.5 Å². The molecular weight excluding hydrogens is 308 g/mol. The molecule has 1 amide bonds. The summed E-state index contributed by atoms with van der Waals surface area (Å²) in [4.78, 5) is 24.2. The fourth-order valence-electron chi connectivity index (χ4n) is 2.61. The first-order chi connectivity index (χ1) is 10.4. The van der Waals surface area contributed by atoms with Crippen molar-refractivity contribution in [1.82, 2.24) is 20.2 Å². The van der Waals surface area contributed by atoms with Crippen molar-refractivity contribution in [2.45, 2.75) is 26.7 Å². The van der Waals surface area contributed by atoms with Gasteiger partial charge in [0.25, 0.3) is 5.91 Å². The second-order valence-corrected chi connectivity index (χ2v) is 5.73. The number of halogens is 1. The van der Waals surface area contributed by atoms with E-state index in [0.29, 0.717) is 36.1 Å². The number of aryl methyl sites for hydroxylation is 2. The first-order valence-electron chi connectivity index (χ1n) is 7.35. The van der Waals surface area contributed by atoms with Crippen molar-refractivity contribution in [2.75, 3.05) is 19.7 Å². The van der Waals surface area contributed by atoms with E-state index in [-0.39, 0.29) is 17.8 Å². The van der Waals surface area contributed by atoms with Gasteiger partial charge in [-0.25, -0.2) is 5.01 Å². The van der Waals surface area contributed by atoms with Crippen LogP contribution in [-0.2, 0) is 16.6 Å². The minimum atomic E-state index is -0.322. The molecule has 0 unspecified atom stereocenters. The van der Waals surface area contributed by atoms with Gasteiger partial charge in [-0.15, -0.1) is 0 Å². The lowest BCUT2D eigenvalue weighted by Gasteiger charge is -2.31. The van der Waals surface area contributed by atoms with Crippen molar-refractivity contribution in [3.63, 3.8) is 0 Å². The third-order valence-corrected chi connectivity index (χ3v) is 4.12. The SMILES string of the molecule is CCOC(=O)[C@@H]1CCCN(NC(=O)c2c(Cl)c(C)nn2C)C1. The number of ether oxygens (including phenoxy) is 1. The number of carbonyl (C=O) groups is 2. The summed E-state index contributed by atoms with van der Waals surface area (Å²) in [5, 5.41) is 6.21. The molecule has 1 aliphatic rings. The summed E-state index contributed by atoms with van der Waals surface area (Å²) in [7, 11) is 1.67. The number of aromatic nitrogens is 2. The Kier molecular flexibility index (Phi) is 5.42. The zero-order valence-electron chi connectivity index (χ0n) is 13.1. The van der Waals surface area contributed by atoms with E-state index in [1.165, 1.54) is 4.68 Å². The highest BCUT2D eigenvalue weighted by Crippen LogP contribution is 2.20. The highest BCUT2D eigenvalue weighted by atomic mass is 35.5. The molecule has 1 atom stereocenters. The lowest BCUT2D eigenvalue weighted by Crippen LogP contribution is -2.49. The number of nitrogens with one attached hydrogen (secondary N) is 1. The highest BCUT2D eigenvalue weighted by molar-refractivity contribution is 6.34. The molecule has 8 heteroatoms. The van der Waals surface area contributed by atoms with E-state index >= 15 is 0 Å². The Bertz CT molecular complexity index is 573. The van der Waals surface area contributed by atoms with Crippen LogP contribution in [0.1, 0.15) is 35.9 Å². The number of hydrogen-bond donors (Lipinski definition) is 1. The van der Waals surface area contributed by atoms with Gasteiger partial charge in [-0.1, -0.05) is 11.6 Å². The van der Waals surface area contributed by atoms with Crippen LogP contribution in [0.5, 0.6) is 0 Å². The normalized spacial score (nSPS) is 19.0. The van der Waals surface area contributed by atoms with Crippen LogP contribution in [0.3, 0.4) is 0 Å². The zero-order chi connectivity index (χ0) is 16.3. The number of carbonyl (C=O) groups excluding carboxylic acids is 2. The number of hydrazine groups is 1. The van der Waals surface area contributed by atoms with Gasteiger partial charge in [0, 0.05) is 20.1 Å². The van der Waals surface area contributed by atoms with Crippen LogP contribution < -0.4 is 5.43 Å². The molecule has 7 nitrogen and oxygen atoms in total. The van der Waals surface area contributed by atoms with E-state index in [0.717, 1.165) is 12.8 Å². The smallest absolute Gasteiger partial charge is 0.310 e. The van der Waals surface area contributed by atoms with Crippen molar-refractivity contribution in [1.29, 1.82) is 0 Å². The van der Waals surface area contributed by atoms with Gasteiger partial charge in [0.2, 0.25) is 0 Å². The van der Waals surface area contributed by atoms with Crippen molar-refractivity contribution in [3.05, 3.63) is 16.4 Å². The summed E-state index contributed by atoms with van der Waals surface area (Å²) in [5.41, 5.74) is 3.72. The Morgan fingerprint density at radius 2 is 2.23 bits per heavy atom. The molecule has 1 aliphatic heterocycles. The Morgan fingerprint density at radius 1 is 1.50 bits per heavy atom. The standard InChI is InChI=1S/C14H21ClN4O3/c1-4-22-14(21)10-6-5-7-19(8-10)17-13(20)12-11(15)9(2)16-18(12)3/h10H,4-8H2,1-3H3,(H,17,20)/t10-/m1/s1. The molecule has 1 fully saturated rings. The van der Waals surface area contributed by atoms with Gasteiger partial charge in [0.15, 0.2) is 0 Å². The molecule has 0 saturated carbocycles. The van der Waals surface area contributed by atoms with Gasteiger partial charge < -0.3 is 4.74 Å². The molecule has 2 heterocycles. The third-order valence-electron chi connectivity index (χ3n) is 3.67. The van der Waals surface area contributed by atoms with Crippen LogP contribution in [-0.4, -0.2) is 46.4 Å². The predicted octanol–water partition coefficient (Wildman–Crippen LogP) is 1.30. The molecule has 0 bridgehead atoms. The van der Waals surface area contributed by atoms with Gasteiger partial charge in [0.05, 0.1) is 23.2 Å². The van der Waals surface area contributed by atoms with Gasteiger partial charge in [0.1, 0.15) is 5.69 Å². The number of hydrogen-bond acceptors (Lipinski definition) is 5. The van der Waals surface area contributed by atoms with E-state index in [2.05, 4.69) is 10.5 Å². The molecule has 0 spiro atoms. The molecule has 22 heavy (non-hydrogen) atoms. The molecule has 1 aromatic heterocycles.